The topological polar surface area (TPSA) is 72.6 Å². The summed E-state index contributed by atoms with van der Waals surface area (Å²) in [6, 6.07) is 6.68. The minimum atomic E-state index is -0.927. The molecule has 0 bridgehead atoms. The maximum atomic E-state index is 10.5. The normalized spacial score (nSPS) is 12.1. The van der Waals surface area contributed by atoms with Crippen LogP contribution in [0, 0.1) is 0 Å². The molecular weight excluding hydrogens is 206 g/mol. The van der Waals surface area contributed by atoms with Gasteiger partial charge in [-0.1, -0.05) is 23.7 Å². The van der Waals surface area contributed by atoms with E-state index in [1.54, 1.807) is 24.3 Å². The molecule has 1 atom stereocenters. The van der Waals surface area contributed by atoms with Crippen molar-refractivity contribution in [3.05, 3.63) is 34.9 Å². The minimum Gasteiger partial charge on any atom is -0.439 e. The summed E-state index contributed by atoms with van der Waals surface area (Å²) < 4.78 is 4.67. The van der Waals surface area contributed by atoms with Crippen molar-refractivity contribution in [2.75, 3.05) is 6.61 Å². The van der Waals surface area contributed by atoms with E-state index in [0.29, 0.717) is 10.6 Å². The van der Waals surface area contributed by atoms with Gasteiger partial charge in [0.25, 0.3) is 0 Å². The summed E-state index contributed by atoms with van der Waals surface area (Å²) in [6.07, 6.45) is -1.68. The summed E-state index contributed by atoms with van der Waals surface area (Å²) in [5, 5.41) is 9.45. The van der Waals surface area contributed by atoms with Crippen molar-refractivity contribution >= 4 is 17.7 Å². The number of hydrogen-bond acceptors (Lipinski definition) is 3. The van der Waals surface area contributed by atoms with Gasteiger partial charge in [0.1, 0.15) is 0 Å². The average Bonchev–Trinajstić information content (AvgIpc) is 2.14. The number of rotatable bonds is 3. The molecule has 0 aliphatic carbocycles. The van der Waals surface area contributed by atoms with E-state index < -0.39 is 12.2 Å². The summed E-state index contributed by atoms with van der Waals surface area (Å²) in [5.74, 6) is 0. The molecule has 4 nitrogen and oxygen atoms in total. The molecule has 1 unspecified atom stereocenters. The number of halogens is 1. The fourth-order valence-electron chi connectivity index (χ4n) is 1.06. The Bertz CT molecular complexity index is 330. The first kappa shape index (κ1) is 10.8. The van der Waals surface area contributed by atoms with E-state index in [2.05, 4.69) is 4.74 Å². The summed E-state index contributed by atoms with van der Waals surface area (Å²) >= 11 is 5.73. The van der Waals surface area contributed by atoms with Crippen molar-refractivity contribution in [1.82, 2.24) is 0 Å². The molecule has 1 aromatic rings. The van der Waals surface area contributed by atoms with Gasteiger partial charge in [-0.2, -0.15) is 0 Å². The molecule has 1 amide bonds. The molecule has 0 aromatic heterocycles. The number of primary amides is 1. The highest BCUT2D eigenvalue weighted by Crippen LogP contribution is 2.20. The minimum absolute atomic E-state index is 0.330. The monoisotopic (exact) mass is 215 g/mol. The predicted octanol–water partition coefficient (Wildman–Crippen LogP) is 1.47. The Morgan fingerprint density at radius 2 is 2.36 bits per heavy atom. The number of carbonyl (C=O) groups excluding carboxylic acids is 1. The molecule has 0 spiro atoms. The number of carbonyl (C=O) groups is 1. The number of nitrogens with two attached hydrogens (primary N) is 1. The lowest BCUT2D eigenvalue weighted by Crippen LogP contribution is -2.19. The lowest BCUT2D eigenvalue weighted by molar-refractivity contribution is 0.0633. The number of aliphatic hydroxyl groups excluding tert-OH is 1. The third-order valence-corrected chi connectivity index (χ3v) is 1.88. The fraction of sp³-hybridized carbons (Fsp3) is 0.222. The van der Waals surface area contributed by atoms with Gasteiger partial charge < -0.3 is 15.6 Å². The average molecular weight is 216 g/mol. The van der Waals surface area contributed by atoms with Crippen LogP contribution in [0.3, 0.4) is 0 Å². The largest absolute Gasteiger partial charge is 0.439 e. The van der Waals surface area contributed by atoms with Crippen LogP contribution in [0.15, 0.2) is 24.3 Å². The van der Waals surface area contributed by atoms with Crippen molar-refractivity contribution in [3.8, 4) is 0 Å². The second-order valence-corrected chi connectivity index (χ2v) is 3.10. The number of aliphatic hydroxyl groups is 1. The lowest BCUT2D eigenvalue weighted by Gasteiger charge is -2.14. The second-order valence-electron chi connectivity index (χ2n) is 2.66. The Balaban J connectivity index is 2.83. The molecule has 0 aliphatic rings. The highest BCUT2D eigenvalue weighted by molar-refractivity contribution is 6.30. The van der Waals surface area contributed by atoms with E-state index in [0.717, 1.165) is 0 Å². The standard InChI is InChI=1S/C9H10ClNO3/c10-7-3-1-2-6(4-7)8(5-12)14-9(11)13/h1-4,8,12H,5H2,(H2,11,13). The summed E-state index contributed by atoms with van der Waals surface area (Å²) in [4.78, 5) is 10.5. The number of hydrogen-bond donors (Lipinski definition) is 2. The van der Waals surface area contributed by atoms with E-state index in [-0.39, 0.29) is 6.61 Å². The van der Waals surface area contributed by atoms with Crippen molar-refractivity contribution in [3.63, 3.8) is 0 Å². The van der Waals surface area contributed by atoms with Crippen LogP contribution in [0.5, 0.6) is 0 Å². The molecule has 0 fully saturated rings. The lowest BCUT2D eigenvalue weighted by atomic mass is 10.1. The SMILES string of the molecule is NC(=O)OC(CO)c1cccc(Cl)c1. The maximum absolute atomic E-state index is 10.5. The van der Waals surface area contributed by atoms with Crippen LogP contribution in [-0.4, -0.2) is 17.8 Å². The van der Waals surface area contributed by atoms with Gasteiger partial charge in [-0.25, -0.2) is 4.79 Å². The maximum Gasteiger partial charge on any atom is 0.405 e. The zero-order valence-electron chi connectivity index (χ0n) is 7.31. The Hall–Kier alpha value is -1.26. The summed E-state index contributed by atoms with van der Waals surface area (Å²) in [6.45, 7) is -0.330. The van der Waals surface area contributed by atoms with Crippen LogP contribution in [0.4, 0.5) is 4.79 Å². The third-order valence-electron chi connectivity index (χ3n) is 1.64. The van der Waals surface area contributed by atoms with Gasteiger partial charge in [-0.05, 0) is 17.7 Å². The van der Waals surface area contributed by atoms with Crippen LogP contribution in [0.25, 0.3) is 0 Å². The first-order chi connectivity index (χ1) is 6.63. The fourth-order valence-corrected chi connectivity index (χ4v) is 1.26. The number of benzene rings is 1. The molecule has 0 radical (unpaired) electrons. The quantitative estimate of drug-likeness (QED) is 0.802. The predicted molar refractivity (Wildman–Crippen MR) is 51.9 cm³/mol. The second kappa shape index (κ2) is 4.83. The molecule has 0 saturated heterocycles. The van der Waals surface area contributed by atoms with Gasteiger partial charge in [0, 0.05) is 5.02 Å². The van der Waals surface area contributed by atoms with E-state index in [9.17, 15) is 4.79 Å². The first-order valence-electron chi connectivity index (χ1n) is 3.96. The van der Waals surface area contributed by atoms with E-state index in [1.807, 2.05) is 0 Å². The van der Waals surface area contributed by atoms with Crippen molar-refractivity contribution in [1.29, 1.82) is 0 Å². The van der Waals surface area contributed by atoms with E-state index in [4.69, 9.17) is 22.4 Å². The van der Waals surface area contributed by atoms with Crippen LogP contribution >= 0.6 is 11.6 Å². The van der Waals surface area contributed by atoms with Gasteiger partial charge in [-0.3, -0.25) is 0 Å². The zero-order chi connectivity index (χ0) is 10.6. The van der Waals surface area contributed by atoms with Gasteiger partial charge >= 0.3 is 6.09 Å². The van der Waals surface area contributed by atoms with Gasteiger partial charge in [0.15, 0.2) is 6.10 Å². The van der Waals surface area contributed by atoms with Crippen molar-refractivity contribution in [2.45, 2.75) is 6.10 Å². The van der Waals surface area contributed by atoms with E-state index in [1.165, 1.54) is 0 Å². The molecule has 0 saturated carbocycles. The highest BCUT2D eigenvalue weighted by atomic mass is 35.5. The van der Waals surface area contributed by atoms with Crippen LogP contribution in [0.1, 0.15) is 11.7 Å². The van der Waals surface area contributed by atoms with Crippen LogP contribution in [0.2, 0.25) is 5.02 Å². The van der Waals surface area contributed by atoms with Gasteiger partial charge in [0.2, 0.25) is 0 Å². The Morgan fingerprint density at radius 3 is 2.86 bits per heavy atom. The van der Waals surface area contributed by atoms with Gasteiger partial charge in [0.05, 0.1) is 6.61 Å². The third kappa shape index (κ3) is 2.90. The van der Waals surface area contributed by atoms with Crippen molar-refractivity contribution in [2.24, 2.45) is 5.73 Å². The molecular formula is C9H10ClNO3. The van der Waals surface area contributed by atoms with E-state index >= 15 is 0 Å². The molecule has 0 aliphatic heterocycles. The highest BCUT2D eigenvalue weighted by Gasteiger charge is 2.13. The summed E-state index contributed by atoms with van der Waals surface area (Å²) in [7, 11) is 0. The molecule has 76 valence electrons. The molecule has 0 heterocycles. The number of ether oxygens (including phenoxy) is 1. The Morgan fingerprint density at radius 1 is 1.64 bits per heavy atom. The summed E-state index contributed by atoms with van der Waals surface area (Å²) in [5.41, 5.74) is 5.45. The first-order valence-corrected chi connectivity index (χ1v) is 4.33. The number of amides is 1. The molecule has 5 heteroatoms. The molecule has 3 N–H and O–H groups in total. The van der Waals surface area contributed by atoms with Crippen molar-refractivity contribution < 1.29 is 14.6 Å². The van der Waals surface area contributed by atoms with Crippen LogP contribution in [-0.2, 0) is 4.74 Å². The molecule has 1 aromatic carbocycles. The smallest absolute Gasteiger partial charge is 0.405 e. The van der Waals surface area contributed by atoms with Crippen LogP contribution < -0.4 is 5.73 Å². The molecule has 14 heavy (non-hydrogen) atoms. The Labute approximate surface area is 86.2 Å². The van der Waals surface area contributed by atoms with Gasteiger partial charge in [-0.15, -0.1) is 0 Å². The molecule has 1 rings (SSSR count). The Kier molecular flexibility index (Phi) is 3.73. The zero-order valence-corrected chi connectivity index (χ0v) is 8.07.